The van der Waals surface area contributed by atoms with Gasteiger partial charge in [-0.3, -0.25) is 0 Å². The Hall–Kier alpha value is -1.56. The maximum atomic E-state index is 12.1. The van der Waals surface area contributed by atoms with Crippen molar-refractivity contribution in [3.8, 4) is 0 Å². The molecule has 1 heterocycles. The van der Waals surface area contributed by atoms with E-state index in [0.717, 1.165) is 31.2 Å². The molecule has 0 saturated carbocycles. The van der Waals surface area contributed by atoms with Crippen molar-refractivity contribution in [3.05, 3.63) is 29.8 Å². The van der Waals surface area contributed by atoms with Crippen molar-refractivity contribution in [1.82, 2.24) is 9.62 Å². The molecule has 0 radical (unpaired) electrons. The number of nitrogens with zero attached hydrogens (tertiary/aromatic N) is 1. The molecule has 0 aliphatic carbocycles. The van der Waals surface area contributed by atoms with Crippen molar-refractivity contribution in [2.75, 3.05) is 13.1 Å². The summed E-state index contributed by atoms with van der Waals surface area (Å²) in [5.74, 6) is 0. The van der Waals surface area contributed by atoms with E-state index in [1.165, 1.54) is 12.1 Å². The molecule has 0 unspecified atom stereocenters. The summed E-state index contributed by atoms with van der Waals surface area (Å²) in [6.45, 7) is 3.12. The van der Waals surface area contributed by atoms with E-state index in [-0.39, 0.29) is 4.90 Å². The van der Waals surface area contributed by atoms with Crippen LogP contribution in [0, 0.1) is 6.92 Å². The highest BCUT2D eigenvalue weighted by atomic mass is 32.2. The lowest BCUT2D eigenvalue weighted by atomic mass is 10.2. The zero-order valence-corrected chi connectivity index (χ0v) is 12.4. The first-order valence-corrected chi connectivity index (χ1v) is 8.36. The summed E-state index contributed by atoms with van der Waals surface area (Å²) in [5, 5.41) is 0. The minimum absolute atomic E-state index is 0.117. The molecule has 0 spiro atoms. The molecule has 1 aromatic carbocycles. The van der Waals surface area contributed by atoms with E-state index in [1.807, 2.05) is 6.92 Å². The van der Waals surface area contributed by atoms with Crippen LogP contribution in [-0.4, -0.2) is 32.4 Å². The fraction of sp³-hybridized carbons (Fsp3) is 0.500. The first-order valence-electron chi connectivity index (χ1n) is 6.87. The van der Waals surface area contributed by atoms with Gasteiger partial charge >= 0.3 is 6.03 Å². The highest BCUT2D eigenvalue weighted by Crippen LogP contribution is 2.13. The normalized spacial score (nSPS) is 16.6. The van der Waals surface area contributed by atoms with Crippen LogP contribution in [0.5, 0.6) is 0 Å². The largest absolute Gasteiger partial charge is 0.331 e. The van der Waals surface area contributed by atoms with Crippen molar-refractivity contribution in [3.63, 3.8) is 0 Å². The predicted octanol–water partition coefficient (Wildman–Crippen LogP) is 2.27. The van der Waals surface area contributed by atoms with Gasteiger partial charge in [0.25, 0.3) is 10.0 Å². The molecule has 2 rings (SSSR count). The first-order chi connectivity index (χ1) is 9.49. The fourth-order valence-electron chi connectivity index (χ4n) is 2.23. The SMILES string of the molecule is Cc1ccc(S(=O)(=O)NC(=O)N2CCCCCC2)cc1. The van der Waals surface area contributed by atoms with Gasteiger partial charge in [0.05, 0.1) is 4.90 Å². The van der Waals surface area contributed by atoms with Gasteiger partial charge in [0.1, 0.15) is 0 Å². The Morgan fingerprint density at radius 2 is 1.60 bits per heavy atom. The number of urea groups is 1. The van der Waals surface area contributed by atoms with Gasteiger partial charge in [0, 0.05) is 13.1 Å². The van der Waals surface area contributed by atoms with E-state index in [9.17, 15) is 13.2 Å². The molecule has 1 aliphatic rings. The van der Waals surface area contributed by atoms with Crippen molar-refractivity contribution < 1.29 is 13.2 Å². The third kappa shape index (κ3) is 3.72. The van der Waals surface area contributed by atoms with Gasteiger partial charge < -0.3 is 4.90 Å². The number of carbonyl (C=O) groups excluding carboxylic acids is 1. The monoisotopic (exact) mass is 296 g/mol. The number of sulfonamides is 1. The molecule has 5 nitrogen and oxygen atoms in total. The van der Waals surface area contributed by atoms with Crippen LogP contribution in [0.3, 0.4) is 0 Å². The Kier molecular flexibility index (Phi) is 4.65. The number of amides is 2. The van der Waals surface area contributed by atoms with E-state index in [4.69, 9.17) is 0 Å². The van der Waals surface area contributed by atoms with Crippen LogP contribution in [0.15, 0.2) is 29.2 Å². The Bertz CT molecular complexity index is 559. The van der Waals surface area contributed by atoms with Gasteiger partial charge in [-0.15, -0.1) is 0 Å². The lowest BCUT2D eigenvalue weighted by Gasteiger charge is -2.20. The summed E-state index contributed by atoms with van der Waals surface area (Å²) in [6.07, 6.45) is 4.04. The number of carbonyl (C=O) groups is 1. The van der Waals surface area contributed by atoms with Gasteiger partial charge in [0.15, 0.2) is 0 Å². The standard InChI is InChI=1S/C14H20N2O3S/c1-12-6-8-13(9-7-12)20(18,19)15-14(17)16-10-4-2-3-5-11-16/h6-9H,2-5,10-11H2,1H3,(H,15,17). The van der Waals surface area contributed by atoms with Crippen LogP contribution in [0.1, 0.15) is 31.2 Å². The smallest absolute Gasteiger partial charge is 0.324 e. The number of likely N-dealkylation sites (tertiary alicyclic amines) is 1. The molecule has 0 atom stereocenters. The van der Waals surface area contributed by atoms with Gasteiger partial charge in [0.2, 0.25) is 0 Å². The molecule has 1 N–H and O–H groups in total. The molecule has 110 valence electrons. The average Bonchev–Trinajstić information content (AvgIpc) is 2.67. The van der Waals surface area contributed by atoms with Gasteiger partial charge in [-0.1, -0.05) is 30.5 Å². The molecule has 0 bridgehead atoms. The highest BCUT2D eigenvalue weighted by Gasteiger charge is 2.22. The third-order valence-corrected chi connectivity index (χ3v) is 4.78. The number of rotatable bonds is 2. The van der Waals surface area contributed by atoms with E-state index in [0.29, 0.717) is 13.1 Å². The quantitative estimate of drug-likeness (QED) is 0.910. The van der Waals surface area contributed by atoms with Crippen LogP contribution in [0.25, 0.3) is 0 Å². The zero-order chi connectivity index (χ0) is 14.6. The van der Waals surface area contributed by atoms with Crippen molar-refractivity contribution in [2.24, 2.45) is 0 Å². The summed E-state index contributed by atoms with van der Waals surface area (Å²) >= 11 is 0. The number of benzene rings is 1. The van der Waals surface area contributed by atoms with E-state index >= 15 is 0 Å². The number of hydrogen-bond donors (Lipinski definition) is 1. The van der Waals surface area contributed by atoms with Gasteiger partial charge in [-0.2, -0.15) is 0 Å². The van der Waals surface area contributed by atoms with Gasteiger partial charge in [-0.05, 0) is 31.9 Å². The van der Waals surface area contributed by atoms with Gasteiger partial charge in [-0.25, -0.2) is 17.9 Å². The minimum Gasteiger partial charge on any atom is -0.324 e. The zero-order valence-electron chi connectivity index (χ0n) is 11.6. The number of aryl methyl sites for hydroxylation is 1. The molecule has 2 amide bonds. The second-order valence-electron chi connectivity index (χ2n) is 5.12. The molecule has 0 aromatic heterocycles. The maximum Gasteiger partial charge on any atom is 0.331 e. The van der Waals surface area contributed by atoms with Crippen LogP contribution >= 0.6 is 0 Å². The van der Waals surface area contributed by atoms with Crippen molar-refractivity contribution in [2.45, 2.75) is 37.5 Å². The van der Waals surface area contributed by atoms with Crippen LogP contribution in [0.2, 0.25) is 0 Å². The Balaban J connectivity index is 2.07. The number of nitrogens with one attached hydrogen (secondary N) is 1. The van der Waals surface area contributed by atoms with E-state index in [1.54, 1.807) is 17.0 Å². The van der Waals surface area contributed by atoms with Crippen LogP contribution in [-0.2, 0) is 10.0 Å². The Labute approximate surface area is 120 Å². The van der Waals surface area contributed by atoms with Crippen molar-refractivity contribution in [1.29, 1.82) is 0 Å². The van der Waals surface area contributed by atoms with E-state index < -0.39 is 16.1 Å². The highest BCUT2D eigenvalue weighted by molar-refractivity contribution is 7.90. The first kappa shape index (κ1) is 14.8. The Morgan fingerprint density at radius 1 is 1.05 bits per heavy atom. The molecule has 1 aliphatic heterocycles. The lowest BCUT2D eigenvalue weighted by molar-refractivity contribution is 0.206. The summed E-state index contributed by atoms with van der Waals surface area (Å²) < 4.78 is 26.4. The minimum atomic E-state index is -3.78. The molecular weight excluding hydrogens is 276 g/mol. The van der Waals surface area contributed by atoms with Crippen LogP contribution < -0.4 is 4.72 Å². The third-order valence-electron chi connectivity index (χ3n) is 3.45. The predicted molar refractivity (Wildman–Crippen MR) is 76.9 cm³/mol. The fourth-order valence-corrected chi connectivity index (χ4v) is 3.20. The van der Waals surface area contributed by atoms with E-state index in [2.05, 4.69) is 4.72 Å². The molecule has 1 fully saturated rings. The molecular formula is C14H20N2O3S. The summed E-state index contributed by atoms with van der Waals surface area (Å²) in [5.41, 5.74) is 0.975. The van der Waals surface area contributed by atoms with Crippen LogP contribution in [0.4, 0.5) is 4.79 Å². The molecule has 1 saturated heterocycles. The molecule has 6 heteroatoms. The molecule has 20 heavy (non-hydrogen) atoms. The average molecular weight is 296 g/mol. The second kappa shape index (κ2) is 6.26. The van der Waals surface area contributed by atoms with Crippen molar-refractivity contribution >= 4 is 16.1 Å². The Morgan fingerprint density at radius 3 is 2.15 bits per heavy atom. The second-order valence-corrected chi connectivity index (χ2v) is 6.81. The summed E-state index contributed by atoms with van der Waals surface area (Å²) in [4.78, 5) is 13.7. The molecule has 1 aromatic rings. The lowest BCUT2D eigenvalue weighted by Crippen LogP contribution is -2.43. The topological polar surface area (TPSA) is 66.5 Å². The summed E-state index contributed by atoms with van der Waals surface area (Å²) in [7, 11) is -3.78. The number of hydrogen-bond acceptors (Lipinski definition) is 3. The maximum absolute atomic E-state index is 12.1. The summed E-state index contributed by atoms with van der Waals surface area (Å²) in [6, 6.07) is 5.92.